The molecule has 0 aromatic heterocycles. The molecule has 6 heteroatoms. The standard InChI is InChI=1S/C27H32N2O3S/c1-18-8-14-25(21(4)15-18)22(5)28-27(30)24-12-10-23(11-13-24)17-29(33(6,31)32)26-16-19(2)7-9-20(26)3/h7-16,22H,17H2,1-6H3,(H,28,30)/t22-/m1/s1. The number of anilines is 1. The fraction of sp³-hybridized carbons (Fsp3) is 0.296. The molecule has 3 aromatic rings. The second-order valence-electron chi connectivity index (χ2n) is 8.81. The highest BCUT2D eigenvalue weighted by Gasteiger charge is 2.20. The summed E-state index contributed by atoms with van der Waals surface area (Å²) < 4.78 is 26.5. The molecule has 0 fully saturated rings. The van der Waals surface area contributed by atoms with Crippen molar-refractivity contribution in [1.82, 2.24) is 5.32 Å². The van der Waals surface area contributed by atoms with Gasteiger partial charge < -0.3 is 5.32 Å². The SMILES string of the molecule is Cc1ccc([C@@H](C)NC(=O)c2ccc(CN(c3cc(C)ccc3C)S(C)(=O)=O)cc2)c(C)c1. The van der Waals surface area contributed by atoms with Crippen molar-refractivity contribution in [2.24, 2.45) is 0 Å². The summed E-state index contributed by atoms with van der Waals surface area (Å²) in [7, 11) is -3.48. The van der Waals surface area contributed by atoms with Crippen molar-refractivity contribution < 1.29 is 13.2 Å². The summed E-state index contributed by atoms with van der Waals surface area (Å²) >= 11 is 0. The van der Waals surface area contributed by atoms with Crippen LogP contribution in [0.25, 0.3) is 0 Å². The van der Waals surface area contributed by atoms with Crippen LogP contribution in [0, 0.1) is 27.7 Å². The molecular formula is C27H32N2O3S. The van der Waals surface area contributed by atoms with Gasteiger partial charge >= 0.3 is 0 Å². The number of carbonyl (C=O) groups excluding carboxylic acids is 1. The third-order valence-electron chi connectivity index (χ3n) is 5.82. The van der Waals surface area contributed by atoms with E-state index < -0.39 is 10.0 Å². The fourth-order valence-electron chi connectivity index (χ4n) is 3.97. The van der Waals surface area contributed by atoms with E-state index in [1.54, 1.807) is 24.3 Å². The Labute approximate surface area is 197 Å². The summed E-state index contributed by atoms with van der Waals surface area (Å²) in [6, 6.07) is 18.9. The van der Waals surface area contributed by atoms with Gasteiger partial charge in [-0.2, -0.15) is 0 Å². The van der Waals surface area contributed by atoms with Gasteiger partial charge in [-0.15, -0.1) is 0 Å². The van der Waals surface area contributed by atoms with Crippen molar-refractivity contribution >= 4 is 21.6 Å². The number of hydrogen-bond donors (Lipinski definition) is 1. The van der Waals surface area contributed by atoms with E-state index in [2.05, 4.69) is 11.4 Å². The van der Waals surface area contributed by atoms with E-state index in [4.69, 9.17) is 0 Å². The Balaban J connectivity index is 1.77. The summed E-state index contributed by atoms with van der Waals surface area (Å²) in [4.78, 5) is 12.8. The Morgan fingerprint density at radius 1 is 0.879 bits per heavy atom. The molecular weight excluding hydrogens is 432 g/mol. The molecule has 1 atom stereocenters. The van der Waals surface area contributed by atoms with Crippen molar-refractivity contribution in [1.29, 1.82) is 0 Å². The monoisotopic (exact) mass is 464 g/mol. The van der Waals surface area contributed by atoms with Crippen LogP contribution in [0.5, 0.6) is 0 Å². The van der Waals surface area contributed by atoms with E-state index in [0.29, 0.717) is 11.3 Å². The Hall–Kier alpha value is -3.12. The van der Waals surface area contributed by atoms with Gasteiger partial charge in [-0.05, 0) is 80.6 Å². The number of nitrogens with one attached hydrogen (secondary N) is 1. The van der Waals surface area contributed by atoms with Gasteiger partial charge in [-0.1, -0.05) is 48.0 Å². The average molecular weight is 465 g/mol. The van der Waals surface area contributed by atoms with E-state index in [0.717, 1.165) is 27.8 Å². The van der Waals surface area contributed by atoms with Gasteiger partial charge in [0.15, 0.2) is 0 Å². The molecule has 0 aliphatic carbocycles. The number of rotatable bonds is 7. The minimum atomic E-state index is -3.48. The maximum atomic E-state index is 12.8. The normalized spacial score (nSPS) is 12.3. The van der Waals surface area contributed by atoms with Crippen LogP contribution >= 0.6 is 0 Å². The molecule has 1 N–H and O–H groups in total. The number of aryl methyl sites for hydroxylation is 4. The zero-order valence-corrected chi connectivity index (χ0v) is 21.0. The largest absolute Gasteiger partial charge is 0.346 e. The number of amides is 1. The molecule has 33 heavy (non-hydrogen) atoms. The van der Waals surface area contributed by atoms with E-state index in [9.17, 15) is 13.2 Å². The van der Waals surface area contributed by atoms with Gasteiger partial charge in [-0.3, -0.25) is 9.10 Å². The van der Waals surface area contributed by atoms with Gasteiger partial charge in [0.05, 0.1) is 24.5 Å². The minimum absolute atomic E-state index is 0.122. The van der Waals surface area contributed by atoms with Crippen LogP contribution in [0.15, 0.2) is 60.7 Å². The maximum Gasteiger partial charge on any atom is 0.251 e. The smallest absolute Gasteiger partial charge is 0.251 e. The molecule has 0 spiro atoms. The molecule has 5 nitrogen and oxygen atoms in total. The molecule has 0 radical (unpaired) electrons. The van der Waals surface area contributed by atoms with Crippen LogP contribution in [0.1, 0.15) is 56.7 Å². The number of benzene rings is 3. The first-order valence-corrected chi connectivity index (χ1v) is 12.8. The minimum Gasteiger partial charge on any atom is -0.346 e. The van der Waals surface area contributed by atoms with E-state index in [1.165, 1.54) is 16.1 Å². The van der Waals surface area contributed by atoms with Crippen LogP contribution in [-0.2, 0) is 16.6 Å². The summed E-state index contributed by atoms with van der Waals surface area (Å²) in [5.74, 6) is -0.163. The van der Waals surface area contributed by atoms with Crippen molar-refractivity contribution in [3.63, 3.8) is 0 Å². The maximum absolute atomic E-state index is 12.8. The molecule has 0 saturated heterocycles. The number of carbonyl (C=O) groups is 1. The van der Waals surface area contributed by atoms with Crippen LogP contribution in [0.4, 0.5) is 5.69 Å². The number of hydrogen-bond acceptors (Lipinski definition) is 3. The van der Waals surface area contributed by atoms with Crippen LogP contribution in [0.2, 0.25) is 0 Å². The first-order chi connectivity index (χ1) is 15.5. The average Bonchev–Trinajstić information content (AvgIpc) is 2.73. The predicted molar refractivity (Wildman–Crippen MR) is 135 cm³/mol. The highest BCUT2D eigenvalue weighted by molar-refractivity contribution is 7.92. The first kappa shape index (κ1) is 24.5. The van der Waals surface area contributed by atoms with Gasteiger partial charge in [0.1, 0.15) is 0 Å². The summed E-state index contributed by atoms with van der Waals surface area (Å²) in [5, 5.41) is 3.05. The van der Waals surface area contributed by atoms with Crippen molar-refractivity contribution in [3.05, 3.63) is 99.6 Å². The Bertz CT molecular complexity index is 1270. The third-order valence-corrected chi connectivity index (χ3v) is 6.94. The predicted octanol–water partition coefficient (Wildman–Crippen LogP) is 5.38. The topological polar surface area (TPSA) is 66.5 Å². The lowest BCUT2D eigenvalue weighted by Crippen LogP contribution is -2.30. The lowest BCUT2D eigenvalue weighted by atomic mass is 10.00. The summed E-state index contributed by atoms with van der Waals surface area (Å²) in [6.07, 6.45) is 1.21. The highest BCUT2D eigenvalue weighted by atomic mass is 32.2. The fourth-order valence-corrected chi connectivity index (χ4v) is 4.90. The second-order valence-corrected chi connectivity index (χ2v) is 10.7. The van der Waals surface area contributed by atoms with Gasteiger partial charge in [0.25, 0.3) is 5.91 Å². The van der Waals surface area contributed by atoms with Gasteiger partial charge in [0, 0.05) is 5.56 Å². The van der Waals surface area contributed by atoms with E-state index in [1.807, 2.05) is 65.0 Å². The molecule has 0 heterocycles. The number of sulfonamides is 1. The molecule has 174 valence electrons. The van der Waals surface area contributed by atoms with Crippen molar-refractivity contribution in [2.75, 3.05) is 10.6 Å². The Morgan fingerprint density at radius 2 is 1.48 bits per heavy atom. The molecule has 3 rings (SSSR count). The first-order valence-electron chi connectivity index (χ1n) is 11.0. The molecule has 0 saturated carbocycles. The van der Waals surface area contributed by atoms with Crippen molar-refractivity contribution in [2.45, 2.75) is 47.2 Å². The third kappa shape index (κ3) is 6.02. The van der Waals surface area contributed by atoms with Gasteiger partial charge in [-0.25, -0.2) is 8.42 Å². The van der Waals surface area contributed by atoms with Crippen LogP contribution < -0.4 is 9.62 Å². The van der Waals surface area contributed by atoms with E-state index >= 15 is 0 Å². The molecule has 0 aliphatic heterocycles. The second kappa shape index (κ2) is 9.79. The lowest BCUT2D eigenvalue weighted by molar-refractivity contribution is 0.0940. The zero-order chi connectivity index (χ0) is 24.3. The Morgan fingerprint density at radius 3 is 2.09 bits per heavy atom. The molecule has 3 aromatic carbocycles. The number of nitrogens with zero attached hydrogens (tertiary/aromatic N) is 1. The molecule has 0 unspecified atom stereocenters. The van der Waals surface area contributed by atoms with Crippen LogP contribution in [-0.4, -0.2) is 20.6 Å². The highest BCUT2D eigenvalue weighted by Crippen LogP contribution is 2.26. The lowest BCUT2D eigenvalue weighted by Gasteiger charge is -2.25. The Kier molecular flexibility index (Phi) is 7.28. The molecule has 0 aliphatic rings. The summed E-state index contributed by atoms with van der Waals surface area (Å²) in [6.45, 7) is 10.1. The van der Waals surface area contributed by atoms with Crippen LogP contribution in [0.3, 0.4) is 0 Å². The van der Waals surface area contributed by atoms with Gasteiger partial charge in [0.2, 0.25) is 10.0 Å². The van der Waals surface area contributed by atoms with E-state index in [-0.39, 0.29) is 18.5 Å². The zero-order valence-electron chi connectivity index (χ0n) is 20.1. The summed E-state index contributed by atoms with van der Waals surface area (Å²) in [5.41, 5.74) is 7.31. The van der Waals surface area contributed by atoms with Crippen molar-refractivity contribution in [3.8, 4) is 0 Å². The quantitative estimate of drug-likeness (QED) is 0.511. The molecule has 1 amide bonds. The molecule has 0 bridgehead atoms.